The standard InChI is InChI=1S/C18H29N3S2/c1-14(19-18(22)20-15-8-3-2-4-9-15)17(16-10-7-13-23-16)21-11-5-6-12-21/h7,10,13-15,17H,2-6,8-9,11-12H2,1H3,(H2,19,20,22)/t14-,17-/m1/s1. The molecule has 0 bridgehead atoms. The minimum atomic E-state index is 0.329. The Kier molecular flexibility index (Phi) is 6.31. The van der Waals surface area contributed by atoms with Gasteiger partial charge in [0.05, 0.1) is 6.04 Å². The number of nitrogens with one attached hydrogen (secondary N) is 2. The van der Waals surface area contributed by atoms with Crippen molar-refractivity contribution in [3.05, 3.63) is 22.4 Å². The van der Waals surface area contributed by atoms with E-state index in [0.717, 1.165) is 5.11 Å². The van der Waals surface area contributed by atoms with Crippen LogP contribution < -0.4 is 10.6 Å². The van der Waals surface area contributed by atoms with Crippen molar-refractivity contribution in [2.45, 2.75) is 70.0 Å². The molecule has 1 aromatic heterocycles. The average molecular weight is 352 g/mol. The van der Waals surface area contributed by atoms with Gasteiger partial charge in [0.25, 0.3) is 0 Å². The molecular formula is C18H29N3S2. The molecule has 2 atom stereocenters. The van der Waals surface area contributed by atoms with Gasteiger partial charge in [-0.25, -0.2) is 0 Å². The zero-order valence-electron chi connectivity index (χ0n) is 14.1. The van der Waals surface area contributed by atoms with Crippen LogP contribution in [0.5, 0.6) is 0 Å². The number of likely N-dealkylation sites (tertiary alicyclic amines) is 1. The predicted molar refractivity (Wildman–Crippen MR) is 103 cm³/mol. The van der Waals surface area contributed by atoms with Gasteiger partial charge in [-0.05, 0) is 69.4 Å². The van der Waals surface area contributed by atoms with E-state index in [4.69, 9.17) is 12.2 Å². The van der Waals surface area contributed by atoms with Gasteiger partial charge < -0.3 is 10.6 Å². The molecule has 0 unspecified atom stereocenters. The van der Waals surface area contributed by atoms with Gasteiger partial charge in [-0.2, -0.15) is 0 Å². The van der Waals surface area contributed by atoms with Gasteiger partial charge in [-0.1, -0.05) is 25.3 Å². The van der Waals surface area contributed by atoms with E-state index in [9.17, 15) is 0 Å². The van der Waals surface area contributed by atoms with E-state index in [1.165, 1.54) is 62.9 Å². The first-order chi connectivity index (χ1) is 11.2. The Morgan fingerprint density at radius 3 is 2.61 bits per heavy atom. The zero-order valence-corrected chi connectivity index (χ0v) is 15.7. The predicted octanol–water partition coefficient (Wildman–Crippen LogP) is 4.07. The summed E-state index contributed by atoms with van der Waals surface area (Å²) in [6.07, 6.45) is 9.21. The van der Waals surface area contributed by atoms with Crippen molar-refractivity contribution in [2.24, 2.45) is 0 Å². The fourth-order valence-electron chi connectivity index (χ4n) is 3.98. The number of thiophene rings is 1. The van der Waals surface area contributed by atoms with Crippen molar-refractivity contribution >= 4 is 28.7 Å². The maximum atomic E-state index is 5.60. The highest BCUT2D eigenvalue weighted by atomic mass is 32.1. The molecule has 2 fully saturated rings. The molecule has 1 saturated carbocycles. The molecule has 1 aromatic rings. The van der Waals surface area contributed by atoms with Crippen molar-refractivity contribution in [3.8, 4) is 0 Å². The lowest BCUT2D eigenvalue weighted by atomic mass is 9.96. The largest absolute Gasteiger partial charge is 0.360 e. The Balaban J connectivity index is 1.59. The molecule has 1 aliphatic carbocycles. The van der Waals surface area contributed by atoms with Gasteiger partial charge in [0, 0.05) is 17.0 Å². The van der Waals surface area contributed by atoms with E-state index < -0.39 is 0 Å². The second-order valence-electron chi connectivity index (χ2n) is 6.94. The lowest BCUT2D eigenvalue weighted by Gasteiger charge is -2.34. The van der Waals surface area contributed by atoms with Crippen molar-refractivity contribution in [3.63, 3.8) is 0 Å². The summed E-state index contributed by atoms with van der Waals surface area (Å²) in [5, 5.41) is 10.1. The minimum Gasteiger partial charge on any atom is -0.360 e. The summed E-state index contributed by atoms with van der Waals surface area (Å²) in [4.78, 5) is 4.07. The van der Waals surface area contributed by atoms with E-state index in [-0.39, 0.29) is 0 Å². The summed E-state index contributed by atoms with van der Waals surface area (Å²) in [6.45, 7) is 4.69. The van der Waals surface area contributed by atoms with E-state index >= 15 is 0 Å². The highest BCUT2D eigenvalue weighted by molar-refractivity contribution is 7.80. The van der Waals surface area contributed by atoms with Gasteiger partial charge in [0.1, 0.15) is 0 Å². The number of thiocarbonyl (C=S) groups is 1. The molecule has 128 valence electrons. The van der Waals surface area contributed by atoms with Crippen LogP contribution in [0.3, 0.4) is 0 Å². The van der Waals surface area contributed by atoms with Crippen molar-refractivity contribution in [1.82, 2.24) is 15.5 Å². The summed E-state index contributed by atoms with van der Waals surface area (Å²) in [5.41, 5.74) is 0. The molecule has 2 N–H and O–H groups in total. The molecule has 5 heteroatoms. The summed E-state index contributed by atoms with van der Waals surface area (Å²) in [5.74, 6) is 0. The van der Waals surface area contributed by atoms with E-state index in [0.29, 0.717) is 18.1 Å². The number of rotatable bonds is 5. The van der Waals surface area contributed by atoms with Gasteiger partial charge in [0.2, 0.25) is 0 Å². The smallest absolute Gasteiger partial charge is 0.166 e. The molecule has 2 heterocycles. The molecule has 2 aliphatic rings. The SMILES string of the molecule is C[C@@H](NC(=S)NC1CCCCC1)[C@H](c1cccs1)N1CCCC1. The van der Waals surface area contributed by atoms with Crippen molar-refractivity contribution in [1.29, 1.82) is 0 Å². The monoisotopic (exact) mass is 351 g/mol. The van der Waals surface area contributed by atoms with E-state index in [2.05, 4.69) is 40.0 Å². The second kappa shape index (κ2) is 8.45. The number of nitrogens with zero attached hydrogens (tertiary/aromatic N) is 1. The molecule has 3 nitrogen and oxygen atoms in total. The van der Waals surface area contributed by atoms with Crippen molar-refractivity contribution < 1.29 is 0 Å². The summed E-state index contributed by atoms with van der Waals surface area (Å²) >= 11 is 7.46. The normalized spacial score (nSPS) is 22.7. The first kappa shape index (κ1) is 17.2. The quantitative estimate of drug-likeness (QED) is 0.782. The lowest BCUT2D eigenvalue weighted by Crippen LogP contribution is -2.49. The Bertz CT molecular complexity index is 476. The van der Waals surface area contributed by atoms with E-state index in [1.807, 2.05) is 11.3 Å². The Morgan fingerprint density at radius 1 is 1.22 bits per heavy atom. The van der Waals surface area contributed by atoms with Crippen LogP contribution in [0.4, 0.5) is 0 Å². The number of hydrogen-bond acceptors (Lipinski definition) is 3. The van der Waals surface area contributed by atoms with Crippen LogP contribution in [0, 0.1) is 0 Å². The van der Waals surface area contributed by atoms with Crippen LogP contribution >= 0.6 is 23.6 Å². The van der Waals surface area contributed by atoms with Crippen LogP contribution in [-0.2, 0) is 0 Å². The van der Waals surface area contributed by atoms with Crippen molar-refractivity contribution in [2.75, 3.05) is 13.1 Å². The summed E-state index contributed by atoms with van der Waals surface area (Å²) < 4.78 is 0. The minimum absolute atomic E-state index is 0.329. The van der Waals surface area contributed by atoms with Gasteiger partial charge in [-0.15, -0.1) is 11.3 Å². The molecule has 3 rings (SSSR count). The first-order valence-electron chi connectivity index (χ1n) is 9.08. The Hall–Kier alpha value is -0.650. The topological polar surface area (TPSA) is 27.3 Å². The van der Waals surface area contributed by atoms with E-state index in [1.54, 1.807) is 0 Å². The fraction of sp³-hybridized carbons (Fsp3) is 0.722. The second-order valence-corrected chi connectivity index (χ2v) is 8.33. The van der Waals surface area contributed by atoms with Crippen LogP contribution in [-0.4, -0.2) is 35.2 Å². The molecule has 0 aromatic carbocycles. The molecule has 0 amide bonds. The average Bonchev–Trinajstić information content (AvgIpc) is 3.22. The van der Waals surface area contributed by atoms with Gasteiger partial charge in [0.15, 0.2) is 5.11 Å². The number of hydrogen-bond donors (Lipinski definition) is 2. The highest BCUT2D eigenvalue weighted by Gasteiger charge is 2.29. The maximum absolute atomic E-state index is 5.60. The highest BCUT2D eigenvalue weighted by Crippen LogP contribution is 2.31. The van der Waals surface area contributed by atoms with Crippen LogP contribution in [0.2, 0.25) is 0 Å². The zero-order chi connectivity index (χ0) is 16.1. The maximum Gasteiger partial charge on any atom is 0.166 e. The molecule has 0 radical (unpaired) electrons. The fourth-order valence-corrected chi connectivity index (χ4v) is 5.30. The summed E-state index contributed by atoms with van der Waals surface area (Å²) in [7, 11) is 0. The first-order valence-corrected chi connectivity index (χ1v) is 10.4. The van der Waals surface area contributed by atoms with Gasteiger partial charge in [-0.3, -0.25) is 4.90 Å². The van der Waals surface area contributed by atoms with Crippen LogP contribution in [0.15, 0.2) is 17.5 Å². The van der Waals surface area contributed by atoms with Gasteiger partial charge >= 0.3 is 0 Å². The molecule has 23 heavy (non-hydrogen) atoms. The molecule has 1 aliphatic heterocycles. The van der Waals surface area contributed by atoms with Crippen LogP contribution in [0.25, 0.3) is 0 Å². The Labute approximate surface area is 149 Å². The molecule has 1 saturated heterocycles. The summed E-state index contributed by atoms with van der Waals surface area (Å²) in [6, 6.07) is 5.76. The Morgan fingerprint density at radius 2 is 1.96 bits per heavy atom. The molecular weight excluding hydrogens is 322 g/mol. The third kappa shape index (κ3) is 4.68. The lowest BCUT2D eigenvalue weighted by molar-refractivity contribution is 0.213. The third-order valence-corrected chi connectivity index (χ3v) is 6.32. The third-order valence-electron chi connectivity index (χ3n) is 5.14. The molecule has 0 spiro atoms. The van der Waals surface area contributed by atoms with Crippen LogP contribution in [0.1, 0.15) is 62.8 Å².